The van der Waals surface area contributed by atoms with Crippen LogP contribution in [-0.2, 0) is 4.74 Å². The molecule has 2 aromatic heterocycles. The summed E-state index contributed by atoms with van der Waals surface area (Å²) in [6, 6.07) is 5.91. The minimum atomic E-state index is 0.215. The normalized spacial score (nSPS) is 14.3. The Bertz CT molecular complexity index is 1090. The maximum absolute atomic E-state index is 10.1. The molecule has 0 unspecified atom stereocenters. The van der Waals surface area contributed by atoms with Crippen LogP contribution in [0.3, 0.4) is 0 Å². The number of pyridine rings is 1. The van der Waals surface area contributed by atoms with Crippen molar-refractivity contribution in [2.45, 2.75) is 20.3 Å². The molecule has 0 bridgehead atoms. The van der Waals surface area contributed by atoms with Crippen molar-refractivity contribution in [1.29, 1.82) is 5.26 Å². The molecule has 0 atom stereocenters. The molecule has 5 nitrogen and oxygen atoms in total. The average molecular weight is 345 g/mol. The molecule has 4 rings (SSSR count). The lowest BCUT2D eigenvalue weighted by Gasteiger charge is -2.15. The van der Waals surface area contributed by atoms with Gasteiger partial charge in [0.15, 0.2) is 0 Å². The average Bonchev–Trinajstić information content (AvgIpc) is 3.10. The highest BCUT2D eigenvalue weighted by atomic mass is 16.5. The van der Waals surface area contributed by atoms with Crippen molar-refractivity contribution in [1.82, 2.24) is 9.97 Å². The van der Waals surface area contributed by atoms with Crippen molar-refractivity contribution in [3.8, 4) is 22.9 Å². The molecule has 3 aromatic rings. The number of phenols is 1. The summed E-state index contributed by atoms with van der Waals surface area (Å²) in [4.78, 5) is 7.71. The van der Waals surface area contributed by atoms with Crippen LogP contribution in [0.25, 0.3) is 27.7 Å². The van der Waals surface area contributed by atoms with E-state index in [-0.39, 0.29) is 5.75 Å². The summed E-state index contributed by atoms with van der Waals surface area (Å²) in [5, 5.41) is 20.9. The summed E-state index contributed by atoms with van der Waals surface area (Å²) in [5.74, 6) is 0.215. The first kappa shape index (κ1) is 16.4. The number of fused-ring (bicyclic) bond motifs is 1. The zero-order chi connectivity index (χ0) is 18.3. The molecule has 0 saturated heterocycles. The van der Waals surface area contributed by atoms with E-state index >= 15 is 0 Å². The summed E-state index contributed by atoms with van der Waals surface area (Å²) in [5.41, 5.74) is 6.62. The van der Waals surface area contributed by atoms with E-state index in [1.165, 1.54) is 0 Å². The number of hydrogen-bond donors (Lipinski definition) is 2. The van der Waals surface area contributed by atoms with Crippen LogP contribution in [0.4, 0.5) is 0 Å². The van der Waals surface area contributed by atoms with Crippen molar-refractivity contribution < 1.29 is 9.84 Å². The van der Waals surface area contributed by atoms with Crippen molar-refractivity contribution in [2.24, 2.45) is 0 Å². The third-order valence-corrected chi connectivity index (χ3v) is 4.98. The first-order valence-corrected chi connectivity index (χ1v) is 8.58. The molecule has 0 spiro atoms. The Kier molecular flexibility index (Phi) is 3.98. The molecule has 5 heteroatoms. The van der Waals surface area contributed by atoms with Gasteiger partial charge in [-0.1, -0.05) is 12.1 Å². The van der Waals surface area contributed by atoms with Crippen LogP contribution in [0.1, 0.15) is 28.7 Å². The Morgan fingerprint density at radius 3 is 2.85 bits per heavy atom. The Balaban J connectivity index is 2.03. The molecule has 0 radical (unpaired) electrons. The van der Waals surface area contributed by atoms with E-state index in [1.54, 1.807) is 12.3 Å². The second-order valence-electron chi connectivity index (χ2n) is 6.56. The second kappa shape index (κ2) is 6.32. The first-order chi connectivity index (χ1) is 12.6. The Morgan fingerprint density at radius 2 is 2.12 bits per heavy atom. The largest absolute Gasteiger partial charge is 0.508 e. The molecule has 0 saturated carbocycles. The highest BCUT2D eigenvalue weighted by Crippen LogP contribution is 2.38. The number of phenolic OH excluding ortho intramolecular Hbond substituents is 1. The molecule has 1 aliphatic rings. The number of H-pyrrole nitrogens is 1. The Hall–Kier alpha value is -3.10. The third-order valence-electron chi connectivity index (χ3n) is 4.98. The topological polar surface area (TPSA) is 81.9 Å². The molecule has 1 aliphatic heterocycles. The van der Waals surface area contributed by atoms with E-state index in [0.717, 1.165) is 51.8 Å². The number of aromatic amines is 1. The van der Waals surface area contributed by atoms with E-state index in [2.05, 4.69) is 22.1 Å². The minimum Gasteiger partial charge on any atom is -0.508 e. The monoisotopic (exact) mass is 345 g/mol. The van der Waals surface area contributed by atoms with E-state index < -0.39 is 0 Å². The Morgan fingerprint density at radius 1 is 1.27 bits per heavy atom. The van der Waals surface area contributed by atoms with Gasteiger partial charge in [0, 0.05) is 28.9 Å². The van der Waals surface area contributed by atoms with Gasteiger partial charge in [-0.25, -0.2) is 4.98 Å². The van der Waals surface area contributed by atoms with Crippen molar-refractivity contribution >= 4 is 16.6 Å². The second-order valence-corrected chi connectivity index (χ2v) is 6.56. The van der Waals surface area contributed by atoms with Crippen molar-refractivity contribution in [3.05, 3.63) is 52.9 Å². The molecular formula is C21H19N3O2. The number of nitriles is 1. The predicted molar refractivity (Wildman–Crippen MR) is 101 cm³/mol. The standard InChI is InChI=1S/C21H19N3O2/c1-12-5-6-18(25)13(2)19(12)17-10-24-21-20(15(17)8-22)16(9-23-21)14-4-3-7-26-11-14/h4-6,9-10,25H,3,7,11H2,1-2H3,(H,23,24). The highest BCUT2D eigenvalue weighted by Gasteiger charge is 2.21. The summed E-state index contributed by atoms with van der Waals surface area (Å²) in [6.45, 7) is 5.09. The number of aryl methyl sites for hydroxylation is 1. The first-order valence-electron chi connectivity index (χ1n) is 8.58. The van der Waals surface area contributed by atoms with Crippen LogP contribution in [0.15, 0.2) is 30.6 Å². The number of benzene rings is 1. The number of aromatic nitrogens is 2. The van der Waals surface area contributed by atoms with Gasteiger partial charge in [-0.2, -0.15) is 5.26 Å². The third kappa shape index (κ3) is 2.47. The lowest BCUT2D eigenvalue weighted by Crippen LogP contribution is -2.05. The highest BCUT2D eigenvalue weighted by molar-refractivity contribution is 5.99. The van der Waals surface area contributed by atoms with E-state index in [9.17, 15) is 10.4 Å². The number of ether oxygens (including phenoxy) is 1. The van der Waals surface area contributed by atoms with Gasteiger partial charge in [0.1, 0.15) is 17.5 Å². The maximum Gasteiger partial charge on any atom is 0.139 e. The molecule has 0 amide bonds. The lowest BCUT2D eigenvalue weighted by atomic mass is 9.91. The number of nitrogens with one attached hydrogen (secondary N) is 1. The van der Waals surface area contributed by atoms with Gasteiger partial charge in [-0.15, -0.1) is 0 Å². The van der Waals surface area contributed by atoms with Crippen LogP contribution in [0.2, 0.25) is 0 Å². The molecule has 0 aliphatic carbocycles. The molecule has 2 N–H and O–H groups in total. The van der Waals surface area contributed by atoms with Crippen LogP contribution in [0.5, 0.6) is 5.75 Å². The van der Waals surface area contributed by atoms with Crippen LogP contribution >= 0.6 is 0 Å². The van der Waals surface area contributed by atoms with Gasteiger partial charge in [-0.3, -0.25) is 0 Å². The van der Waals surface area contributed by atoms with Gasteiger partial charge in [0.05, 0.1) is 18.8 Å². The zero-order valence-corrected chi connectivity index (χ0v) is 14.8. The molecule has 1 aromatic carbocycles. The maximum atomic E-state index is 10.1. The molecular weight excluding hydrogens is 326 g/mol. The summed E-state index contributed by atoms with van der Waals surface area (Å²) >= 11 is 0. The Labute approximate surface area is 151 Å². The van der Waals surface area contributed by atoms with Crippen molar-refractivity contribution in [3.63, 3.8) is 0 Å². The zero-order valence-electron chi connectivity index (χ0n) is 14.8. The van der Waals surface area contributed by atoms with Gasteiger partial charge < -0.3 is 14.8 Å². The fourth-order valence-electron chi connectivity index (χ4n) is 3.65. The quantitative estimate of drug-likeness (QED) is 0.728. The molecule has 0 fully saturated rings. The van der Waals surface area contributed by atoms with E-state index in [4.69, 9.17) is 4.74 Å². The fraction of sp³-hybridized carbons (Fsp3) is 0.238. The number of hydrogen-bond acceptors (Lipinski definition) is 4. The fourth-order valence-corrected chi connectivity index (χ4v) is 3.65. The van der Waals surface area contributed by atoms with Gasteiger partial charge in [-0.05, 0) is 48.6 Å². The molecule has 26 heavy (non-hydrogen) atoms. The van der Waals surface area contributed by atoms with Gasteiger partial charge >= 0.3 is 0 Å². The van der Waals surface area contributed by atoms with Crippen LogP contribution < -0.4 is 0 Å². The van der Waals surface area contributed by atoms with Crippen molar-refractivity contribution in [2.75, 3.05) is 13.2 Å². The molecule has 3 heterocycles. The lowest BCUT2D eigenvalue weighted by molar-refractivity contribution is 0.164. The SMILES string of the molecule is Cc1ccc(O)c(C)c1-c1cnc2[nH]cc(C3=CCCOC3)c2c1C#N. The van der Waals surface area contributed by atoms with Crippen LogP contribution in [-0.4, -0.2) is 28.3 Å². The van der Waals surface area contributed by atoms with Gasteiger partial charge in [0.25, 0.3) is 0 Å². The minimum absolute atomic E-state index is 0.215. The summed E-state index contributed by atoms with van der Waals surface area (Å²) in [6.07, 6.45) is 6.62. The summed E-state index contributed by atoms with van der Waals surface area (Å²) < 4.78 is 5.58. The smallest absolute Gasteiger partial charge is 0.139 e. The van der Waals surface area contributed by atoms with E-state index in [1.807, 2.05) is 26.1 Å². The summed E-state index contributed by atoms with van der Waals surface area (Å²) in [7, 11) is 0. The predicted octanol–water partition coefficient (Wildman–Crippen LogP) is 4.23. The van der Waals surface area contributed by atoms with Crippen LogP contribution in [0, 0.1) is 25.2 Å². The van der Waals surface area contributed by atoms with Gasteiger partial charge in [0.2, 0.25) is 0 Å². The number of rotatable bonds is 2. The molecule has 130 valence electrons. The van der Waals surface area contributed by atoms with E-state index in [0.29, 0.717) is 17.8 Å². The number of aromatic hydroxyl groups is 1. The number of nitrogens with zero attached hydrogens (tertiary/aromatic N) is 2.